The number of aromatic nitrogens is 1. The predicted molar refractivity (Wildman–Crippen MR) is 64.4 cm³/mol. The fourth-order valence-corrected chi connectivity index (χ4v) is 2.29. The van der Waals surface area contributed by atoms with Crippen molar-refractivity contribution in [3.63, 3.8) is 0 Å². The Bertz CT molecular complexity index is 365. The molecule has 2 heteroatoms. The van der Waals surface area contributed by atoms with Gasteiger partial charge in [0.15, 0.2) is 0 Å². The standard InChI is InChI=1S/C13H18N.Li/c1-13(2,3)12-9-8-10-6-4-5-7-11(10)14-12;/h7-9H,4-6H2,1-3H3;. The summed E-state index contributed by atoms with van der Waals surface area (Å²) in [7, 11) is 0. The topological polar surface area (TPSA) is 12.9 Å². The zero-order valence-corrected chi connectivity index (χ0v) is 10.3. The van der Waals surface area contributed by atoms with Crippen LogP contribution in [-0.4, -0.2) is 22.7 Å². The fraction of sp³-hybridized carbons (Fsp3) is 0.615. The maximum atomic E-state index is 4.87. The Labute approximate surface area is 102 Å². The predicted octanol–water partition coefficient (Wildman–Crippen LogP) is 2.93. The Morgan fingerprint density at radius 3 is 2.73 bits per heavy atom. The number of nitrogens with zero attached hydrogens (tertiary/aromatic N) is 1. The van der Waals surface area contributed by atoms with Gasteiger partial charge >= 0.3 is 102 Å². The number of rotatable bonds is 0. The number of aryl methyl sites for hydroxylation is 1. The monoisotopic (exact) mass is 195 g/mol. The Morgan fingerprint density at radius 1 is 1.33 bits per heavy atom. The first kappa shape index (κ1) is 11.2. The first-order chi connectivity index (χ1) is 6.98. The van der Waals surface area contributed by atoms with E-state index < -0.39 is 0 Å². The summed E-state index contributed by atoms with van der Waals surface area (Å²) in [5, 5.41) is 0. The van der Waals surface area contributed by atoms with E-state index in [4.69, 9.17) is 4.98 Å². The van der Waals surface area contributed by atoms with Crippen LogP contribution in [0.25, 0.3) is 0 Å². The summed E-state index contributed by atoms with van der Waals surface area (Å²) in [6.07, 6.45) is 3.84. The summed E-state index contributed by atoms with van der Waals surface area (Å²) < 4.78 is 0.649. The van der Waals surface area contributed by atoms with E-state index in [1.54, 1.807) is 0 Å². The number of fused-ring (bicyclic) bond motifs is 1. The first-order valence-corrected chi connectivity index (χ1v) is 5.99. The molecule has 0 radical (unpaired) electrons. The van der Waals surface area contributed by atoms with Crippen LogP contribution in [0.5, 0.6) is 0 Å². The Balaban J connectivity index is 2.44. The average molecular weight is 195 g/mol. The summed E-state index contributed by atoms with van der Waals surface area (Å²) >= 11 is 2.30. The molecule has 1 heterocycles. The molecule has 1 aliphatic carbocycles. The van der Waals surface area contributed by atoms with E-state index in [-0.39, 0.29) is 5.41 Å². The van der Waals surface area contributed by atoms with Gasteiger partial charge in [0.05, 0.1) is 0 Å². The van der Waals surface area contributed by atoms with Crippen molar-refractivity contribution in [3.05, 3.63) is 29.1 Å². The molecule has 0 bridgehead atoms. The summed E-state index contributed by atoms with van der Waals surface area (Å²) in [6.45, 7) is 6.69. The van der Waals surface area contributed by atoms with Crippen LogP contribution in [0.4, 0.5) is 0 Å². The second-order valence-corrected chi connectivity index (χ2v) is 5.78. The van der Waals surface area contributed by atoms with Crippen molar-refractivity contribution < 1.29 is 0 Å². The van der Waals surface area contributed by atoms with Crippen molar-refractivity contribution >= 4 is 17.7 Å². The van der Waals surface area contributed by atoms with E-state index in [0.717, 1.165) is 0 Å². The van der Waals surface area contributed by atoms with Gasteiger partial charge in [-0.15, -0.1) is 0 Å². The van der Waals surface area contributed by atoms with Crippen molar-refractivity contribution in [2.45, 2.75) is 50.0 Å². The van der Waals surface area contributed by atoms with Gasteiger partial charge in [-0.05, 0) is 0 Å². The van der Waals surface area contributed by atoms with E-state index in [0.29, 0.717) is 4.59 Å². The van der Waals surface area contributed by atoms with Crippen molar-refractivity contribution in [1.29, 1.82) is 0 Å². The van der Waals surface area contributed by atoms with Crippen LogP contribution in [-0.2, 0) is 11.8 Å². The van der Waals surface area contributed by atoms with Crippen LogP contribution in [0.15, 0.2) is 12.1 Å². The van der Waals surface area contributed by atoms with E-state index in [1.807, 2.05) is 0 Å². The molecule has 0 aromatic carbocycles. The molecule has 1 nitrogen and oxygen atoms in total. The Kier molecular flexibility index (Phi) is 2.97. The molecule has 0 saturated heterocycles. The van der Waals surface area contributed by atoms with Gasteiger partial charge in [0.2, 0.25) is 0 Å². The molecular formula is C13H18LiN. The second-order valence-electron chi connectivity index (χ2n) is 5.78. The molecule has 0 amide bonds. The molecule has 0 fully saturated rings. The summed E-state index contributed by atoms with van der Waals surface area (Å²) in [5.41, 5.74) is 4.23. The van der Waals surface area contributed by atoms with Gasteiger partial charge in [-0.1, -0.05) is 0 Å². The molecule has 0 saturated carbocycles. The second kappa shape index (κ2) is 3.96. The van der Waals surface area contributed by atoms with Crippen LogP contribution < -0.4 is 0 Å². The molecule has 0 spiro atoms. The molecule has 0 aliphatic heterocycles. The fourth-order valence-electron chi connectivity index (χ4n) is 2.29. The van der Waals surface area contributed by atoms with E-state index in [1.165, 1.54) is 36.2 Å². The van der Waals surface area contributed by atoms with Crippen molar-refractivity contribution in [2.24, 2.45) is 0 Å². The molecular weight excluding hydrogens is 177 g/mol. The van der Waals surface area contributed by atoms with Crippen LogP contribution in [0.2, 0.25) is 0 Å². The number of hydrogen-bond acceptors (Lipinski definition) is 1. The van der Waals surface area contributed by atoms with Crippen molar-refractivity contribution in [1.82, 2.24) is 4.98 Å². The maximum absolute atomic E-state index is 4.87. The third-order valence-corrected chi connectivity index (χ3v) is 3.33. The van der Waals surface area contributed by atoms with E-state index >= 15 is 0 Å². The number of pyridine rings is 1. The third kappa shape index (κ3) is 2.30. The van der Waals surface area contributed by atoms with E-state index in [9.17, 15) is 0 Å². The minimum atomic E-state index is 0.173. The Morgan fingerprint density at radius 2 is 2.07 bits per heavy atom. The normalized spacial score (nSPS) is 21.3. The summed E-state index contributed by atoms with van der Waals surface area (Å²) in [5.74, 6) is 0. The SMILES string of the molecule is [Li][CH]1CCCc2ccc(C(C)(C)C)nc21. The minimum absolute atomic E-state index is 0.173. The van der Waals surface area contributed by atoms with Crippen molar-refractivity contribution in [2.75, 3.05) is 0 Å². The molecule has 1 unspecified atom stereocenters. The van der Waals surface area contributed by atoms with Crippen molar-refractivity contribution in [3.8, 4) is 0 Å². The molecule has 1 aromatic rings. The van der Waals surface area contributed by atoms with Gasteiger partial charge in [0, 0.05) is 0 Å². The van der Waals surface area contributed by atoms with Gasteiger partial charge < -0.3 is 0 Å². The molecule has 76 valence electrons. The van der Waals surface area contributed by atoms with Crippen LogP contribution in [0.1, 0.15) is 55.2 Å². The molecule has 1 aromatic heterocycles. The van der Waals surface area contributed by atoms with Gasteiger partial charge in [-0.25, -0.2) is 0 Å². The summed E-state index contributed by atoms with van der Waals surface area (Å²) in [6, 6.07) is 4.50. The molecule has 15 heavy (non-hydrogen) atoms. The van der Waals surface area contributed by atoms with Gasteiger partial charge in [-0.2, -0.15) is 0 Å². The Hall–Kier alpha value is -0.253. The quantitative estimate of drug-likeness (QED) is 0.580. The van der Waals surface area contributed by atoms with Gasteiger partial charge in [0.1, 0.15) is 0 Å². The van der Waals surface area contributed by atoms with Gasteiger partial charge in [-0.3, -0.25) is 0 Å². The molecule has 2 rings (SSSR count). The molecule has 1 atom stereocenters. The van der Waals surface area contributed by atoms with Crippen LogP contribution in [0, 0.1) is 0 Å². The zero-order chi connectivity index (χ0) is 11.1. The average Bonchev–Trinajstić information content (AvgIpc) is 2.16. The van der Waals surface area contributed by atoms with Gasteiger partial charge in [0.25, 0.3) is 0 Å². The molecule has 0 N–H and O–H groups in total. The summed E-state index contributed by atoms with van der Waals surface area (Å²) in [4.78, 5) is 4.87. The van der Waals surface area contributed by atoms with E-state index in [2.05, 4.69) is 50.6 Å². The van der Waals surface area contributed by atoms with Crippen LogP contribution in [0.3, 0.4) is 0 Å². The third-order valence-electron chi connectivity index (χ3n) is 3.33. The number of hydrogen-bond donors (Lipinski definition) is 0. The first-order valence-electron chi connectivity index (χ1n) is 5.99. The zero-order valence-electron chi connectivity index (χ0n) is 10.3. The van der Waals surface area contributed by atoms with Crippen LogP contribution >= 0.6 is 0 Å². The molecule has 1 aliphatic rings.